The number of anilines is 1. The van der Waals surface area contributed by atoms with Crippen LogP contribution >= 0.6 is 0 Å². The summed E-state index contributed by atoms with van der Waals surface area (Å²) in [5.74, 6) is 1.33. The van der Waals surface area contributed by atoms with Crippen LogP contribution in [0.1, 0.15) is 26.7 Å². The molecule has 3 nitrogen and oxygen atoms in total. The van der Waals surface area contributed by atoms with Crippen molar-refractivity contribution in [3.8, 4) is 11.8 Å². The van der Waals surface area contributed by atoms with Gasteiger partial charge in [0.1, 0.15) is 5.75 Å². The summed E-state index contributed by atoms with van der Waals surface area (Å²) in [4.78, 5) is 2.40. The average Bonchev–Trinajstić information content (AvgIpc) is 2.66. The number of ether oxygens (including phenoxy) is 1. The van der Waals surface area contributed by atoms with E-state index in [-0.39, 0.29) is 5.54 Å². The molecule has 0 N–H and O–H groups in total. The summed E-state index contributed by atoms with van der Waals surface area (Å²) >= 11 is 0. The highest BCUT2D eigenvalue weighted by atomic mass is 16.5. The topological polar surface area (TPSA) is 36.3 Å². The zero-order valence-corrected chi connectivity index (χ0v) is 11.3. The smallest absolute Gasteiger partial charge is 0.119 e. The Morgan fingerprint density at radius 1 is 1.39 bits per heavy atom. The van der Waals surface area contributed by atoms with Gasteiger partial charge in [0.25, 0.3) is 0 Å². The third-order valence-corrected chi connectivity index (χ3v) is 4.12. The minimum absolute atomic E-state index is 0.0460. The Morgan fingerprint density at radius 2 is 2.06 bits per heavy atom. The van der Waals surface area contributed by atoms with Crippen molar-refractivity contribution >= 4 is 5.69 Å². The van der Waals surface area contributed by atoms with Crippen LogP contribution in [-0.2, 0) is 0 Å². The van der Waals surface area contributed by atoms with Gasteiger partial charge < -0.3 is 9.64 Å². The molecule has 1 unspecified atom stereocenters. The number of rotatable bonds is 3. The van der Waals surface area contributed by atoms with Gasteiger partial charge in [-0.2, -0.15) is 5.26 Å². The van der Waals surface area contributed by atoms with Crippen LogP contribution in [0.5, 0.6) is 5.75 Å². The largest absolute Gasteiger partial charge is 0.497 e. The van der Waals surface area contributed by atoms with Crippen molar-refractivity contribution in [2.24, 2.45) is 5.92 Å². The van der Waals surface area contributed by atoms with Crippen LogP contribution in [0, 0.1) is 17.2 Å². The molecule has 0 radical (unpaired) electrons. The molecule has 18 heavy (non-hydrogen) atoms. The lowest BCUT2D eigenvalue weighted by Crippen LogP contribution is -2.42. The van der Waals surface area contributed by atoms with E-state index in [1.54, 1.807) is 7.11 Å². The Morgan fingerprint density at radius 3 is 2.61 bits per heavy atom. The fraction of sp³-hybridized carbons (Fsp3) is 0.533. The first-order chi connectivity index (χ1) is 8.59. The molecule has 1 atom stereocenters. The lowest BCUT2D eigenvalue weighted by Gasteiger charge is -2.37. The molecule has 0 aromatic heterocycles. The quantitative estimate of drug-likeness (QED) is 0.819. The van der Waals surface area contributed by atoms with Gasteiger partial charge in [-0.25, -0.2) is 0 Å². The molecular formula is C15H20N2O. The van der Waals surface area contributed by atoms with E-state index in [1.165, 1.54) is 5.69 Å². The molecule has 1 aliphatic rings. The molecule has 2 rings (SSSR count). The van der Waals surface area contributed by atoms with E-state index in [0.29, 0.717) is 12.3 Å². The molecule has 96 valence electrons. The monoisotopic (exact) mass is 244 g/mol. The minimum Gasteiger partial charge on any atom is -0.497 e. The third kappa shape index (κ3) is 2.15. The van der Waals surface area contributed by atoms with Crippen LogP contribution in [0.15, 0.2) is 24.3 Å². The lowest BCUT2D eigenvalue weighted by atomic mass is 9.86. The van der Waals surface area contributed by atoms with Gasteiger partial charge in [-0.3, -0.25) is 0 Å². The predicted molar refractivity (Wildman–Crippen MR) is 72.8 cm³/mol. The van der Waals surface area contributed by atoms with E-state index in [0.717, 1.165) is 18.7 Å². The molecule has 0 amide bonds. The maximum absolute atomic E-state index is 8.90. The van der Waals surface area contributed by atoms with Crippen molar-refractivity contribution < 1.29 is 4.74 Å². The van der Waals surface area contributed by atoms with Gasteiger partial charge in [0.05, 0.1) is 13.2 Å². The summed E-state index contributed by atoms with van der Waals surface area (Å²) in [7, 11) is 1.68. The van der Waals surface area contributed by atoms with Gasteiger partial charge in [0.15, 0.2) is 0 Å². The zero-order chi connectivity index (χ0) is 13.2. The van der Waals surface area contributed by atoms with Crippen LogP contribution in [0.25, 0.3) is 0 Å². The minimum atomic E-state index is 0.0460. The number of benzene rings is 1. The number of hydrogen-bond acceptors (Lipinski definition) is 3. The fourth-order valence-electron chi connectivity index (χ4n) is 2.83. The lowest BCUT2D eigenvalue weighted by molar-refractivity contribution is 0.371. The highest BCUT2D eigenvalue weighted by Crippen LogP contribution is 2.40. The Bertz CT molecular complexity index is 445. The number of nitriles is 1. The van der Waals surface area contributed by atoms with E-state index in [1.807, 2.05) is 12.1 Å². The summed E-state index contributed by atoms with van der Waals surface area (Å²) in [6.07, 6.45) is 1.73. The molecule has 0 spiro atoms. The van der Waals surface area contributed by atoms with Gasteiger partial charge in [0.2, 0.25) is 0 Å². The second-order valence-corrected chi connectivity index (χ2v) is 5.35. The summed E-state index contributed by atoms with van der Waals surface area (Å²) in [6.45, 7) is 5.48. The second-order valence-electron chi connectivity index (χ2n) is 5.35. The van der Waals surface area contributed by atoms with Gasteiger partial charge in [-0.1, -0.05) is 0 Å². The summed E-state index contributed by atoms with van der Waals surface area (Å²) in [5, 5.41) is 8.90. The Hall–Kier alpha value is -1.69. The molecule has 0 aliphatic carbocycles. The van der Waals surface area contributed by atoms with Crippen molar-refractivity contribution in [3.63, 3.8) is 0 Å². The number of methoxy groups -OCH3 is 1. The molecule has 0 bridgehead atoms. The molecule has 3 heteroatoms. The second kappa shape index (κ2) is 4.89. The van der Waals surface area contributed by atoms with Crippen molar-refractivity contribution in [2.75, 3.05) is 18.6 Å². The van der Waals surface area contributed by atoms with E-state index in [2.05, 4.69) is 36.9 Å². The molecule has 1 heterocycles. The summed E-state index contributed by atoms with van der Waals surface area (Å²) in [5.41, 5.74) is 1.26. The fourth-order valence-corrected chi connectivity index (χ4v) is 2.83. The third-order valence-electron chi connectivity index (χ3n) is 4.12. The van der Waals surface area contributed by atoms with E-state index < -0.39 is 0 Å². The molecular weight excluding hydrogens is 224 g/mol. The van der Waals surface area contributed by atoms with Crippen molar-refractivity contribution in [1.82, 2.24) is 0 Å². The van der Waals surface area contributed by atoms with Gasteiger partial charge >= 0.3 is 0 Å². The number of hydrogen-bond donors (Lipinski definition) is 0. The first-order valence-corrected chi connectivity index (χ1v) is 6.38. The van der Waals surface area contributed by atoms with E-state index in [9.17, 15) is 0 Å². The first kappa shape index (κ1) is 12.8. The van der Waals surface area contributed by atoms with Gasteiger partial charge in [-0.05, 0) is 50.5 Å². The maximum Gasteiger partial charge on any atom is 0.119 e. The van der Waals surface area contributed by atoms with Gasteiger partial charge in [-0.15, -0.1) is 0 Å². The maximum atomic E-state index is 8.90. The van der Waals surface area contributed by atoms with Crippen LogP contribution in [0.2, 0.25) is 0 Å². The van der Waals surface area contributed by atoms with Gasteiger partial charge in [0, 0.05) is 24.2 Å². The van der Waals surface area contributed by atoms with Crippen LogP contribution < -0.4 is 9.64 Å². The van der Waals surface area contributed by atoms with E-state index in [4.69, 9.17) is 10.00 Å². The SMILES string of the molecule is COc1ccc(N2CCC(CC#N)C2(C)C)cc1. The van der Waals surface area contributed by atoms with Crippen molar-refractivity contribution in [2.45, 2.75) is 32.2 Å². The Labute approximate surface area is 109 Å². The predicted octanol–water partition coefficient (Wildman–Crippen LogP) is 3.21. The normalized spacial score (nSPS) is 21.7. The van der Waals surface area contributed by atoms with Crippen molar-refractivity contribution in [1.29, 1.82) is 5.26 Å². The highest BCUT2D eigenvalue weighted by molar-refractivity contribution is 5.52. The van der Waals surface area contributed by atoms with E-state index >= 15 is 0 Å². The zero-order valence-electron chi connectivity index (χ0n) is 11.3. The molecule has 1 fully saturated rings. The molecule has 1 aliphatic heterocycles. The number of nitrogens with zero attached hydrogens (tertiary/aromatic N) is 2. The van der Waals surface area contributed by atoms with Crippen LogP contribution in [0.3, 0.4) is 0 Å². The summed E-state index contributed by atoms with van der Waals surface area (Å²) in [6, 6.07) is 10.5. The van der Waals surface area contributed by atoms with Crippen molar-refractivity contribution in [3.05, 3.63) is 24.3 Å². The Kier molecular flexibility index (Phi) is 3.47. The molecule has 1 aromatic rings. The average molecular weight is 244 g/mol. The molecule has 1 saturated heterocycles. The van der Waals surface area contributed by atoms with Crippen LogP contribution in [0.4, 0.5) is 5.69 Å². The molecule has 0 saturated carbocycles. The Balaban J connectivity index is 2.21. The van der Waals surface area contributed by atoms with Crippen LogP contribution in [-0.4, -0.2) is 19.2 Å². The molecule has 1 aromatic carbocycles. The summed E-state index contributed by atoms with van der Waals surface area (Å²) < 4.78 is 5.18. The highest BCUT2D eigenvalue weighted by Gasteiger charge is 2.40. The standard InChI is InChI=1S/C15H20N2O/c1-15(2)12(8-10-16)9-11-17(15)13-4-6-14(18-3)7-5-13/h4-7,12H,8-9,11H2,1-3H3. The first-order valence-electron chi connectivity index (χ1n) is 6.38.